The summed E-state index contributed by atoms with van der Waals surface area (Å²) < 4.78 is 32.8. The quantitative estimate of drug-likeness (QED) is 0.531. The van der Waals surface area contributed by atoms with E-state index in [0.717, 1.165) is 0 Å². The van der Waals surface area contributed by atoms with Crippen LogP contribution in [0.25, 0.3) is 0 Å². The summed E-state index contributed by atoms with van der Waals surface area (Å²) in [6.45, 7) is 0. The van der Waals surface area contributed by atoms with Crippen molar-refractivity contribution in [1.29, 1.82) is 0 Å². The van der Waals surface area contributed by atoms with Gasteiger partial charge in [0.1, 0.15) is 0 Å². The second kappa shape index (κ2) is 2.44. The van der Waals surface area contributed by atoms with Crippen molar-refractivity contribution in [2.24, 2.45) is 0 Å². The number of hydrogen-bond donors (Lipinski definition) is 0. The van der Waals surface area contributed by atoms with Crippen LogP contribution >= 0.6 is 20.2 Å². The van der Waals surface area contributed by atoms with Gasteiger partial charge in [-0.2, -0.15) is 0 Å². The maximum atomic E-state index is 10.9. The van der Waals surface area contributed by atoms with E-state index in [2.05, 4.69) is 20.2 Å². The normalized spacial score (nSPS) is 14.1. The molecule has 0 saturated heterocycles. The molecule has 7 heavy (non-hydrogen) atoms. The van der Waals surface area contributed by atoms with Crippen molar-refractivity contribution in [3.63, 3.8) is 0 Å². The molecule has 0 fully saturated rings. The fourth-order valence-corrected chi connectivity index (χ4v) is 0. The SMILES string of the molecule is F[C](F)(F)[Cu]([Cl])[Cl]. The third-order valence-corrected chi connectivity index (χ3v) is 1.60. The molecule has 0 heterocycles. The molecule has 0 radical (unpaired) electrons. The van der Waals surface area contributed by atoms with Gasteiger partial charge in [-0.05, 0) is 0 Å². The first kappa shape index (κ1) is 7.89. The van der Waals surface area contributed by atoms with Gasteiger partial charge in [-0.1, -0.05) is 0 Å². The minimum absolute atomic E-state index is 2.43. The summed E-state index contributed by atoms with van der Waals surface area (Å²) in [5, 5.41) is -4.45. The Morgan fingerprint density at radius 2 is 1.29 bits per heavy atom. The summed E-state index contributed by atoms with van der Waals surface area (Å²) >= 11 is -2.43. The molecule has 0 aliphatic rings. The van der Waals surface area contributed by atoms with Crippen LogP contribution in [0.5, 0.6) is 0 Å². The molecule has 0 aromatic carbocycles. The van der Waals surface area contributed by atoms with Crippen molar-refractivity contribution >= 4 is 20.2 Å². The molecule has 0 aromatic heterocycles. The Labute approximate surface area is 50.9 Å². The Kier molecular flexibility index (Phi) is 2.75. The minimum atomic E-state index is -4.45. The van der Waals surface area contributed by atoms with Gasteiger partial charge in [-0.15, -0.1) is 0 Å². The molecule has 6 heteroatoms. The van der Waals surface area contributed by atoms with Gasteiger partial charge < -0.3 is 0 Å². The van der Waals surface area contributed by atoms with Crippen LogP contribution in [0.1, 0.15) is 0 Å². The molecular formula is CCl2CuF3. The number of halogens is 5. The van der Waals surface area contributed by atoms with Crippen LogP contribution in [0.15, 0.2) is 0 Å². The van der Waals surface area contributed by atoms with E-state index in [1.165, 1.54) is 0 Å². The first-order chi connectivity index (χ1) is 2.94. The second-order valence-corrected chi connectivity index (χ2v) is 3.93. The summed E-state index contributed by atoms with van der Waals surface area (Å²) in [4.78, 5) is 0. The third kappa shape index (κ3) is 3.47. The maximum absolute atomic E-state index is 10.9. The van der Waals surface area contributed by atoms with Gasteiger partial charge >= 0.3 is 50.5 Å². The Balaban J connectivity index is 3.54. The number of hydrogen-bond acceptors (Lipinski definition) is 0. The molecule has 0 bridgehead atoms. The first-order valence-electron chi connectivity index (χ1n) is 0.946. The zero-order valence-corrected chi connectivity index (χ0v) is 5.14. The monoisotopic (exact) mass is 202 g/mol. The Hall–Kier alpha value is 0.889. The molecule has 0 nitrogen and oxygen atoms in total. The number of rotatable bonds is 0. The summed E-state index contributed by atoms with van der Waals surface area (Å²) in [5.41, 5.74) is 0. The topological polar surface area (TPSA) is 0 Å². The molecule has 0 rings (SSSR count). The molecular weight excluding hydrogens is 203 g/mol. The zero-order valence-electron chi connectivity index (χ0n) is 2.69. The second-order valence-electron chi connectivity index (χ2n) is 0.542. The van der Waals surface area contributed by atoms with E-state index in [4.69, 9.17) is 0 Å². The predicted molar refractivity (Wildman–Crippen MR) is 17.8 cm³/mol. The van der Waals surface area contributed by atoms with Gasteiger partial charge in [-0.3, -0.25) is 0 Å². The van der Waals surface area contributed by atoms with E-state index in [9.17, 15) is 13.2 Å². The number of alkyl halides is 3. The van der Waals surface area contributed by atoms with Gasteiger partial charge in [0.2, 0.25) is 0 Å². The van der Waals surface area contributed by atoms with E-state index in [0.29, 0.717) is 0 Å². The fraction of sp³-hybridized carbons (Fsp3) is 1.00. The molecule has 0 atom stereocenters. The Morgan fingerprint density at radius 3 is 1.29 bits per heavy atom. The van der Waals surface area contributed by atoms with Crippen molar-refractivity contribution in [2.45, 2.75) is 5.07 Å². The van der Waals surface area contributed by atoms with Crippen molar-refractivity contribution in [3.05, 3.63) is 0 Å². The van der Waals surface area contributed by atoms with Gasteiger partial charge in [0, 0.05) is 0 Å². The molecule has 50 valence electrons. The fourth-order valence-electron chi connectivity index (χ4n) is 0. The van der Waals surface area contributed by atoms with Gasteiger partial charge in [0.15, 0.2) is 0 Å². The summed E-state index contributed by atoms with van der Waals surface area (Å²) in [6.07, 6.45) is 0. The summed E-state index contributed by atoms with van der Waals surface area (Å²) in [5.74, 6) is 0. The van der Waals surface area contributed by atoms with Crippen molar-refractivity contribution in [1.82, 2.24) is 0 Å². The third-order valence-electron chi connectivity index (χ3n) is 0.129. The molecule has 0 unspecified atom stereocenters. The van der Waals surface area contributed by atoms with Crippen LogP contribution in [0.4, 0.5) is 13.2 Å². The van der Waals surface area contributed by atoms with E-state index >= 15 is 0 Å². The molecule has 0 aromatic rings. The summed E-state index contributed by atoms with van der Waals surface area (Å²) in [6, 6.07) is 0. The molecule has 0 amide bonds. The van der Waals surface area contributed by atoms with Crippen LogP contribution in [-0.4, -0.2) is 5.07 Å². The van der Waals surface area contributed by atoms with Crippen molar-refractivity contribution < 1.29 is 25.2 Å². The van der Waals surface area contributed by atoms with Gasteiger partial charge in [-0.25, -0.2) is 0 Å². The molecule has 0 aliphatic heterocycles. The zero-order chi connectivity index (χ0) is 6.08. The Morgan fingerprint density at radius 1 is 1.14 bits per heavy atom. The van der Waals surface area contributed by atoms with E-state index in [1.807, 2.05) is 0 Å². The molecule has 0 N–H and O–H groups in total. The molecule has 0 saturated carbocycles. The van der Waals surface area contributed by atoms with Crippen molar-refractivity contribution in [3.8, 4) is 0 Å². The van der Waals surface area contributed by atoms with Crippen LogP contribution in [0, 0.1) is 0 Å². The first-order valence-corrected chi connectivity index (χ1v) is 4.01. The van der Waals surface area contributed by atoms with E-state index < -0.39 is 17.2 Å². The molecule has 0 aliphatic carbocycles. The summed E-state index contributed by atoms with van der Waals surface area (Å²) in [7, 11) is 8.83. The van der Waals surface area contributed by atoms with E-state index in [1.54, 1.807) is 0 Å². The van der Waals surface area contributed by atoms with Crippen LogP contribution in [0.3, 0.4) is 0 Å². The van der Waals surface area contributed by atoms with Gasteiger partial charge in [0.05, 0.1) is 0 Å². The average Bonchev–Trinajstić information content (AvgIpc) is 1.31. The van der Waals surface area contributed by atoms with Gasteiger partial charge in [0.25, 0.3) is 0 Å². The molecule has 0 spiro atoms. The van der Waals surface area contributed by atoms with Crippen LogP contribution in [-0.2, 0) is 12.1 Å². The predicted octanol–water partition coefficient (Wildman–Crippen LogP) is 2.43. The standard InChI is InChI=1S/CF3.2ClH.Cu/c2-1(3)4;;;/h;2*1H;/q;;;+2/p-2. The van der Waals surface area contributed by atoms with E-state index in [-0.39, 0.29) is 0 Å². The Bertz CT molecular complexity index is 58.4. The van der Waals surface area contributed by atoms with Crippen LogP contribution < -0.4 is 0 Å². The van der Waals surface area contributed by atoms with Crippen molar-refractivity contribution in [2.75, 3.05) is 0 Å². The average molecular weight is 203 g/mol. The van der Waals surface area contributed by atoms with Crippen LogP contribution in [0.2, 0.25) is 0 Å².